The van der Waals surface area contributed by atoms with Gasteiger partial charge in [0.15, 0.2) is 0 Å². The molecule has 1 aromatic rings. The molecule has 0 saturated heterocycles. The maximum Gasteiger partial charge on any atom is 0.252 e. The number of benzene rings is 1. The summed E-state index contributed by atoms with van der Waals surface area (Å²) in [6, 6.07) is 8.18. The van der Waals surface area contributed by atoms with Gasteiger partial charge in [0.25, 0.3) is 5.91 Å². The van der Waals surface area contributed by atoms with Crippen molar-refractivity contribution in [2.24, 2.45) is 0 Å². The molecule has 0 saturated carbocycles. The van der Waals surface area contributed by atoms with Crippen LogP contribution in [0.1, 0.15) is 32.3 Å². The summed E-state index contributed by atoms with van der Waals surface area (Å²) in [6.07, 6.45) is 3.36. The molecule has 3 heteroatoms. The van der Waals surface area contributed by atoms with Crippen LogP contribution in [0.4, 0.5) is 5.69 Å². The zero-order valence-electron chi connectivity index (χ0n) is 11.2. The predicted octanol–water partition coefficient (Wildman–Crippen LogP) is 2.78. The lowest BCUT2D eigenvalue weighted by Crippen LogP contribution is -2.35. The van der Waals surface area contributed by atoms with Gasteiger partial charge in [0.05, 0.1) is 6.10 Å². The molecule has 1 amide bonds. The van der Waals surface area contributed by atoms with Crippen LogP contribution in [-0.4, -0.2) is 25.2 Å². The van der Waals surface area contributed by atoms with Gasteiger partial charge in [-0.3, -0.25) is 4.79 Å². The van der Waals surface area contributed by atoms with E-state index in [1.165, 1.54) is 5.56 Å². The molecule has 1 aromatic carbocycles. The van der Waals surface area contributed by atoms with E-state index < -0.39 is 0 Å². The molecular formula is C15H21NO2. The number of amides is 1. The van der Waals surface area contributed by atoms with Crippen molar-refractivity contribution in [1.29, 1.82) is 0 Å². The maximum atomic E-state index is 12.2. The van der Waals surface area contributed by atoms with E-state index in [1.54, 1.807) is 0 Å². The first kappa shape index (κ1) is 13.1. The third-order valence-corrected chi connectivity index (χ3v) is 3.20. The third-order valence-electron chi connectivity index (χ3n) is 3.20. The van der Waals surface area contributed by atoms with E-state index >= 15 is 0 Å². The van der Waals surface area contributed by atoms with E-state index in [2.05, 4.69) is 6.07 Å². The second-order valence-corrected chi connectivity index (χ2v) is 4.99. The molecule has 2 rings (SSSR count). The molecule has 1 aliphatic heterocycles. The molecule has 0 fully saturated rings. The third kappa shape index (κ3) is 3.10. The quantitative estimate of drug-likeness (QED) is 0.822. The fourth-order valence-electron chi connectivity index (χ4n) is 2.27. The molecule has 3 nitrogen and oxygen atoms in total. The van der Waals surface area contributed by atoms with Gasteiger partial charge in [0.1, 0.15) is 6.61 Å². The highest BCUT2D eigenvalue weighted by atomic mass is 16.5. The van der Waals surface area contributed by atoms with Crippen molar-refractivity contribution in [3.05, 3.63) is 29.8 Å². The van der Waals surface area contributed by atoms with Gasteiger partial charge in [0, 0.05) is 12.2 Å². The highest BCUT2D eigenvalue weighted by Gasteiger charge is 2.20. The molecule has 1 aliphatic rings. The molecule has 98 valence electrons. The Balaban J connectivity index is 2.14. The van der Waals surface area contributed by atoms with E-state index in [9.17, 15) is 4.79 Å². The lowest BCUT2D eigenvalue weighted by atomic mass is 10.1. The van der Waals surface area contributed by atoms with Gasteiger partial charge in [-0.05, 0) is 44.7 Å². The number of hydrogen-bond donors (Lipinski definition) is 0. The second-order valence-electron chi connectivity index (χ2n) is 4.99. The zero-order chi connectivity index (χ0) is 13.0. The van der Waals surface area contributed by atoms with Crippen molar-refractivity contribution in [2.75, 3.05) is 18.1 Å². The van der Waals surface area contributed by atoms with E-state index in [-0.39, 0.29) is 18.6 Å². The number of anilines is 1. The first-order valence-electron chi connectivity index (χ1n) is 6.68. The van der Waals surface area contributed by atoms with Crippen molar-refractivity contribution in [3.8, 4) is 0 Å². The van der Waals surface area contributed by atoms with Gasteiger partial charge < -0.3 is 9.64 Å². The fourth-order valence-corrected chi connectivity index (χ4v) is 2.27. The standard InChI is InChI=1S/C15H21NO2/c1-12(2)18-11-15(17)16-10-6-5-8-13-7-3-4-9-14(13)16/h3-4,7,9,12H,5-6,8,10-11H2,1-2H3. The number of aryl methyl sites for hydroxylation is 1. The Morgan fingerprint density at radius 1 is 1.33 bits per heavy atom. The van der Waals surface area contributed by atoms with Crippen molar-refractivity contribution in [2.45, 2.75) is 39.2 Å². The number of fused-ring (bicyclic) bond motifs is 1. The average molecular weight is 247 g/mol. The van der Waals surface area contributed by atoms with Crippen molar-refractivity contribution in [1.82, 2.24) is 0 Å². The Bertz CT molecular complexity index is 415. The van der Waals surface area contributed by atoms with Crippen LogP contribution in [0.3, 0.4) is 0 Å². The Morgan fingerprint density at radius 3 is 2.89 bits per heavy atom. The molecule has 18 heavy (non-hydrogen) atoms. The van der Waals surface area contributed by atoms with Crippen molar-refractivity contribution in [3.63, 3.8) is 0 Å². The highest BCUT2D eigenvalue weighted by molar-refractivity contribution is 5.95. The van der Waals surface area contributed by atoms with Gasteiger partial charge in [-0.25, -0.2) is 0 Å². The number of nitrogens with zero attached hydrogens (tertiary/aromatic N) is 1. The Labute approximate surface area is 109 Å². The maximum absolute atomic E-state index is 12.2. The van der Waals surface area contributed by atoms with E-state index in [1.807, 2.05) is 36.9 Å². The summed E-state index contributed by atoms with van der Waals surface area (Å²) in [5.41, 5.74) is 2.33. The monoisotopic (exact) mass is 247 g/mol. The first-order valence-corrected chi connectivity index (χ1v) is 6.68. The van der Waals surface area contributed by atoms with Crippen LogP contribution in [0.25, 0.3) is 0 Å². The Kier molecular flexibility index (Phi) is 4.37. The van der Waals surface area contributed by atoms with Crippen LogP contribution < -0.4 is 4.90 Å². The fraction of sp³-hybridized carbons (Fsp3) is 0.533. The van der Waals surface area contributed by atoms with Crippen LogP contribution >= 0.6 is 0 Å². The minimum Gasteiger partial charge on any atom is -0.369 e. The van der Waals surface area contributed by atoms with Crippen LogP contribution in [0.5, 0.6) is 0 Å². The first-order chi connectivity index (χ1) is 8.68. The summed E-state index contributed by atoms with van der Waals surface area (Å²) in [6.45, 7) is 4.87. The topological polar surface area (TPSA) is 29.5 Å². The minimum atomic E-state index is 0.0676. The molecule has 0 atom stereocenters. The summed E-state index contributed by atoms with van der Waals surface area (Å²) in [5.74, 6) is 0.0676. The Morgan fingerprint density at radius 2 is 2.11 bits per heavy atom. The van der Waals surface area contributed by atoms with Gasteiger partial charge in [-0.1, -0.05) is 18.2 Å². The van der Waals surface area contributed by atoms with Crippen molar-refractivity contribution < 1.29 is 9.53 Å². The van der Waals surface area contributed by atoms with Gasteiger partial charge in [-0.15, -0.1) is 0 Å². The van der Waals surface area contributed by atoms with Crippen LogP contribution in [0, 0.1) is 0 Å². The molecule has 0 bridgehead atoms. The van der Waals surface area contributed by atoms with Crippen LogP contribution in [0.15, 0.2) is 24.3 Å². The molecule has 0 spiro atoms. The highest BCUT2D eigenvalue weighted by Crippen LogP contribution is 2.26. The summed E-state index contributed by atoms with van der Waals surface area (Å²) in [5, 5.41) is 0. The van der Waals surface area contributed by atoms with Gasteiger partial charge >= 0.3 is 0 Å². The number of carbonyl (C=O) groups is 1. The number of hydrogen-bond acceptors (Lipinski definition) is 2. The van der Waals surface area contributed by atoms with Crippen molar-refractivity contribution >= 4 is 11.6 Å². The lowest BCUT2D eigenvalue weighted by Gasteiger charge is -2.23. The minimum absolute atomic E-state index is 0.0676. The normalized spacial score (nSPS) is 15.4. The zero-order valence-corrected chi connectivity index (χ0v) is 11.2. The Hall–Kier alpha value is -1.35. The molecule has 1 heterocycles. The number of rotatable bonds is 3. The predicted molar refractivity (Wildman–Crippen MR) is 72.8 cm³/mol. The molecule has 0 radical (unpaired) electrons. The smallest absolute Gasteiger partial charge is 0.252 e. The van der Waals surface area contributed by atoms with E-state index in [0.29, 0.717) is 0 Å². The number of carbonyl (C=O) groups excluding carboxylic acids is 1. The largest absolute Gasteiger partial charge is 0.369 e. The van der Waals surface area contributed by atoms with E-state index in [0.717, 1.165) is 31.5 Å². The van der Waals surface area contributed by atoms with Crippen LogP contribution in [0.2, 0.25) is 0 Å². The molecule has 0 aliphatic carbocycles. The summed E-state index contributed by atoms with van der Waals surface area (Å²) < 4.78 is 5.42. The van der Waals surface area contributed by atoms with E-state index in [4.69, 9.17) is 4.74 Å². The molecule has 0 N–H and O–H groups in total. The second kappa shape index (κ2) is 6.01. The number of para-hydroxylation sites is 1. The van der Waals surface area contributed by atoms with Gasteiger partial charge in [-0.2, -0.15) is 0 Å². The summed E-state index contributed by atoms with van der Waals surface area (Å²) in [7, 11) is 0. The average Bonchev–Trinajstić information content (AvgIpc) is 2.58. The lowest BCUT2D eigenvalue weighted by molar-refractivity contribution is -0.124. The molecule has 0 aromatic heterocycles. The van der Waals surface area contributed by atoms with Gasteiger partial charge in [0.2, 0.25) is 0 Å². The summed E-state index contributed by atoms with van der Waals surface area (Å²) in [4.78, 5) is 14.1. The number of ether oxygens (including phenoxy) is 1. The summed E-state index contributed by atoms with van der Waals surface area (Å²) >= 11 is 0. The molecular weight excluding hydrogens is 226 g/mol. The SMILES string of the molecule is CC(C)OCC(=O)N1CCCCc2ccccc21. The van der Waals surface area contributed by atoms with Crippen LogP contribution in [-0.2, 0) is 16.0 Å². The molecule has 0 unspecified atom stereocenters.